The van der Waals surface area contributed by atoms with Crippen LogP contribution in [0.25, 0.3) is 0 Å². The van der Waals surface area contributed by atoms with E-state index in [0.29, 0.717) is 11.8 Å². The van der Waals surface area contributed by atoms with Crippen LogP contribution in [0.5, 0.6) is 0 Å². The fourth-order valence-electron chi connectivity index (χ4n) is 0.933. The molecule has 76 valence electrons. The van der Waals surface area contributed by atoms with Gasteiger partial charge in [0, 0.05) is 10.7 Å². The topological polar surface area (TPSA) is 39.2 Å². The lowest BCUT2D eigenvalue weighted by Gasteiger charge is -2.03. The number of hydrogen-bond acceptors (Lipinski definition) is 3. The fraction of sp³-hybridized carbons (Fsp3) is 0.333. The molecule has 0 spiro atoms. The van der Waals surface area contributed by atoms with Crippen molar-refractivity contribution in [2.24, 2.45) is 0 Å². The Hall–Kier alpha value is -0.610. The molecule has 14 heavy (non-hydrogen) atoms. The highest BCUT2D eigenvalue weighted by Gasteiger charge is 2.08. The molecule has 1 aromatic rings. The van der Waals surface area contributed by atoms with Gasteiger partial charge in [0.2, 0.25) is 0 Å². The maximum Gasteiger partial charge on any atom is 0.310 e. The maximum atomic E-state index is 11.1. The summed E-state index contributed by atoms with van der Waals surface area (Å²) >= 11 is 8.95. The maximum absolute atomic E-state index is 11.1. The van der Waals surface area contributed by atoms with Crippen LogP contribution in [-0.4, -0.2) is 17.6 Å². The van der Waals surface area contributed by atoms with Crippen molar-refractivity contribution in [2.45, 2.75) is 13.3 Å². The molecule has 0 atom stereocenters. The van der Waals surface area contributed by atoms with Gasteiger partial charge in [-0.2, -0.15) is 0 Å². The molecule has 5 heteroatoms. The second kappa shape index (κ2) is 5.32. The number of carbonyl (C=O) groups excluding carboxylic acids is 1. The highest BCUT2D eigenvalue weighted by atomic mass is 79.9. The Balaban J connectivity index is 2.72. The van der Waals surface area contributed by atoms with E-state index in [1.807, 2.05) is 0 Å². The molecule has 0 unspecified atom stereocenters. The van der Waals surface area contributed by atoms with Gasteiger partial charge in [0.05, 0.1) is 13.0 Å². The van der Waals surface area contributed by atoms with Crippen LogP contribution in [0.1, 0.15) is 12.5 Å². The molecule has 0 aromatic carbocycles. The zero-order valence-electron chi connectivity index (χ0n) is 7.59. The minimum Gasteiger partial charge on any atom is -0.466 e. The van der Waals surface area contributed by atoms with Crippen LogP contribution in [-0.2, 0) is 16.0 Å². The van der Waals surface area contributed by atoms with Crippen LogP contribution < -0.4 is 0 Å². The first-order valence-electron chi connectivity index (χ1n) is 4.09. The second-order valence-electron chi connectivity index (χ2n) is 2.58. The average Bonchev–Trinajstić information content (AvgIpc) is 2.10. The molecule has 3 nitrogen and oxygen atoms in total. The minimum atomic E-state index is -0.266. The predicted octanol–water partition coefficient (Wildman–Crippen LogP) is 2.60. The Bertz CT molecular complexity index is 344. The summed E-state index contributed by atoms with van der Waals surface area (Å²) in [7, 11) is 0. The first kappa shape index (κ1) is 11.5. The molecular weight excluding hydrogens is 269 g/mol. The molecule has 0 saturated carbocycles. The van der Waals surface area contributed by atoms with Crippen molar-refractivity contribution in [3.8, 4) is 0 Å². The summed E-state index contributed by atoms with van der Waals surface area (Å²) in [6.07, 6.45) is 1.77. The minimum absolute atomic E-state index is 0.207. The molecule has 0 N–H and O–H groups in total. The summed E-state index contributed by atoms with van der Waals surface area (Å²) in [5.41, 5.74) is 0.771. The smallest absolute Gasteiger partial charge is 0.310 e. The van der Waals surface area contributed by atoms with Crippen LogP contribution in [0.3, 0.4) is 0 Å². The van der Waals surface area contributed by atoms with Gasteiger partial charge in [-0.15, -0.1) is 0 Å². The van der Waals surface area contributed by atoms with E-state index in [0.717, 1.165) is 10.0 Å². The van der Waals surface area contributed by atoms with Crippen LogP contribution in [0.2, 0.25) is 5.15 Å². The first-order valence-corrected chi connectivity index (χ1v) is 5.26. The highest BCUT2D eigenvalue weighted by Crippen LogP contribution is 2.19. The van der Waals surface area contributed by atoms with Gasteiger partial charge in [0.1, 0.15) is 5.15 Å². The number of aromatic nitrogens is 1. The van der Waals surface area contributed by atoms with Gasteiger partial charge >= 0.3 is 5.97 Å². The molecule has 0 saturated heterocycles. The quantitative estimate of drug-likeness (QED) is 0.630. The van der Waals surface area contributed by atoms with Crippen molar-refractivity contribution in [2.75, 3.05) is 6.61 Å². The Morgan fingerprint density at radius 1 is 1.71 bits per heavy atom. The number of carbonyl (C=O) groups is 1. The van der Waals surface area contributed by atoms with Crippen molar-refractivity contribution < 1.29 is 9.53 Å². The van der Waals surface area contributed by atoms with Gasteiger partial charge in [0.15, 0.2) is 0 Å². The van der Waals surface area contributed by atoms with E-state index < -0.39 is 0 Å². The molecule has 0 radical (unpaired) electrons. The molecule has 0 aliphatic carbocycles. The van der Waals surface area contributed by atoms with Crippen molar-refractivity contribution >= 4 is 33.5 Å². The van der Waals surface area contributed by atoms with Crippen LogP contribution in [0, 0.1) is 0 Å². The largest absolute Gasteiger partial charge is 0.466 e. The van der Waals surface area contributed by atoms with E-state index in [9.17, 15) is 4.79 Å². The van der Waals surface area contributed by atoms with Crippen LogP contribution in [0.4, 0.5) is 0 Å². The molecular formula is C9H9BrClNO2. The van der Waals surface area contributed by atoms with Crippen molar-refractivity contribution in [1.82, 2.24) is 4.98 Å². The lowest BCUT2D eigenvalue weighted by molar-refractivity contribution is -0.142. The number of halogens is 2. The number of pyridine rings is 1. The Kier molecular flexibility index (Phi) is 4.35. The van der Waals surface area contributed by atoms with Gasteiger partial charge in [-0.25, -0.2) is 4.98 Å². The van der Waals surface area contributed by atoms with E-state index >= 15 is 0 Å². The number of esters is 1. The zero-order chi connectivity index (χ0) is 10.6. The van der Waals surface area contributed by atoms with E-state index in [2.05, 4.69) is 20.9 Å². The van der Waals surface area contributed by atoms with Gasteiger partial charge in [0.25, 0.3) is 0 Å². The highest BCUT2D eigenvalue weighted by molar-refractivity contribution is 9.10. The second-order valence-corrected chi connectivity index (χ2v) is 3.82. The summed E-state index contributed by atoms with van der Waals surface area (Å²) < 4.78 is 5.58. The standard InChI is InChI=1S/C9H9BrClNO2/c1-2-14-9(13)3-6-5-12-8(11)4-7(6)10/h4-5H,2-3H2,1H3. The summed E-state index contributed by atoms with van der Waals surface area (Å²) in [5.74, 6) is -0.266. The summed E-state index contributed by atoms with van der Waals surface area (Å²) in [6, 6.07) is 1.65. The Morgan fingerprint density at radius 3 is 3.00 bits per heavy atom. The van der Waals surface area contributed by atoms with Crippen molar-refractivity contribution in [1.29, 1.82) is 0 Å². The number of nitrogens with zero attached hydrogens (tertiary/aromatic N) is 1. The monoisotopic (exact) mass is 277 g/mol. The van der Waals surface area contributed by atoms with Gasteiger partial charge < -0.3 is 4.74 Å². The third kappa shape index (κ3) is 3.27. The molecule has 0 aliphatic rings. The molecule has 0 amide bonds. The summed E-state index contributed by atoms with van der Waals surface area (Å²) in [6.45, 7) is 2.16. The molecule has 1 heterocycles. The molecule has 0 aliphatic heterocycles. The van der Waals surface area contributed by atoms with Gasteiger partial charge in [-0.3, -0.25) is 4.79 Å². The number of rotatable bonds is 3. The van der Waals surface area contributed by atoms with Crippen molar-refractivity contribution in [3.63, 3.8) is 0 Å². The van der Waals surface area contributed by atoms with Gasteiger partial charge in [-0.1, -0.05) is 27.5 Å². The molecule has 0 fully saturated rings. The Labute approximate surface area is 95.6 Å². The summed E-state index contributed by atoms with van der Waals surface area (Å²) in [4.78, 5) is 15.0. The van der Waals surface area contributed by atoms with Crippen LogP contribution >= 0.6 is 27.5 Å². The zero-order valence-corrected chi connectivity index (χ0v) is 9.93. The van der Waals surface area contributed by atoms with E-state index in [4.69, 9.17) is 16.3 Å². The number of hydrogen-bond donors (Lipinski definition) is 0. The molecule has 1 rings (SSSR count). The lowest BCUT2D eigenvalue weighted by atomic mass is 10.2. The van der Waals surface area contributed by atoms with Crippen molar-refractivity contribution in [3.05, 3.63) is 27.5 Å². The first-order chi connectivity index (χ1) is 6.63. The number of ether oxygens (including phenoxy) is 1. The average molecular weight is 279 g/mol. The Morgan fingerprint density at radius 2 is 2.43 bits per heavy atom. The summed E-state index contributed by atoms with van der Waals surface area (Å²) in [5, 5.41) is 0.393. The van der Waals surface area contributed by atoms with E-state index in [1.54, 1.807) is 19.2 Å². The van der Waals surface area contributed by atoms with E-state index in [1.165, 1.54) is 0 Å². The third-order valence-electron chi connectivity index (χ3n) is 1.54. The van der Waals surface area contributed by atoms with Crippen LogP contribution in [0.15, 0.2) is 16.7 Å². The molecule has 0 bridgehead atoms. The SMILES string of the molecule is CCOC(=O)Cc1cnc(Cl)cc1Br. The normalized spacial score (nSPS) is 9.93. The van der Waals surface area contributed by atoms with Gasteiger partial charge in [-0.05, 0) is 18.6 Å². The predicted molar refractivity (Wildman–Crippen MR) is 57.3 cm³/mol. The lowest BCUT2D eigenvalue weighted by Crippen LogP contribution is -2.08. The van der Waals surface area contributed by atoms with E-state index in [-0.39, 0.29) is 12.4 Å². The fourth-order valence-corrected chi connectivity index (χ4v) is 1.68. The molecule has 1 aromatic heterocycles. The third-order valence-corrected chi connectivity index (χ3v) is 2.48.